The van der Waals surface area contributed by atoms with Gasteiger partial charge in [0.2, 0.25) is 0 Å². The predicted octanol–water partition coefficient (Wildman–Crippen LogP) is 4.72. The normalized spacial score (nSPS) is 24.9. The first-order chi connectivity index (χ1) is 8.54. The Hall–Kier alpha value is -0.340. The predicted molar refractivity (Wildman–Crippen MR) is 82.0 cm³/mol. The first-order valence-electron chi connectivity index (χ1n) is 7.06. The Kier molecular flexibility index (Phi) is 4.85. The van der Waals surface area contributed by atoms with Crippen LogP contribution in [-0.2, 0) is 0 Å². The average Bonchev–Trinajstić information content (AvgIpc) is 2.21. The van der Waals surface area contributed by atoms with Gasteiger partial charge in [-0.05, 0) is 55.7 Å². The minimum absolute atomic E-state index is 0.651. The molecule has 0 radical (unpaired) electrons. The van der Waals surface area contributed by atoms with E-state index in [1.807, 2.05) is 0 Å². The van der Waals surface area contributed by atoms with Crippen molar-refractivity contribution in [3.05, 3.63) is 34.3 Å². The lowest BCUT2D eigenvalue weighted by Gasteiger charge is -2.38. The van der Waals surface area contributed by atoms with Crippen molar-refractivity contribution in [2.75, 3.05) is 0 Å². The van der Waals surface area contributed by atoms with Crippen molar-refractivity contribution in [2.24, 2.45) is 5.92 Å². The quantitative estimate of drug-likeness (QED) is 0.830. The zero-order valence-electron chi connectivity index (χ0n) is 11.6. The molecule has 2 rings (SSSR count). The SMILES string of the molecule is CC(C)CC(C)NC1CC(c2cccc(Br)c2)C1. The van der Waals surface area contributed by atoms with Gasteiger partial charge in [-0.15, -0.1) is 0 Å². The summed E-state index contributed by atoms with van der Waals surface area (Å²) in [5.74, 6) is 1.54. The molecule has 1 atom stereocenters. The van der Waals surface area contributed by atoms with Crippen LogP contribution in [-0.4, -0.2) is 12.1 Å². The van der Waals surface area contributed by atoms with E-state index in [4.69, 9.17) is 0 Å². The molecular weight excluding hydrogens is 286 g/mol. The van der Waals surface area contributed by atoms with E-state index in [-0.39, 0.29) is 0 Å². The summed E-state index contributed by atoms with van der Waals surface area (Å²) in [6, 6.07) is 10.1. The third-order valence-electron chi connectivity index (χ3n) is 3.80. The van der Waals surface area contributed by atoms with Crippen molar-refractivity contribution in [1.82, 2.24) is 5.32 Å². The molecule has 0 amide bonds. The molecule has 0 spiro atoms. The molecule has 1 N–H and O–H groups in total. The van der Waals surface area contributed by atoms with Gasteiger partial charge in [-0.3, -0.25) is 0 Å². The summed E-state index contributed by atoms with van der Waals surface area (Å²) < 4.78 is 1.20. The van der Waals surface area contributed by atoms with Gasteiger partial charge in [0, 0.05) is 16.6 Å². The molecule has 1 aliphatic rings. The molecule has 1 aromatic carbocycles. The number of hydrogen-bond acceptors (Lipinski definition) is 1. The Morgan fingerprint density at radius 2 is 2.00 bits per heavy atom. The van der Waals surface area contributed by atoms with Crippen molar-refractivity contribution in [2.45, 2.75) is 58.0 Å². The molecule has 1 saturated carbocycles. The number of nitrogens with one attached hydrogen (secondary N) is 1. The van der Waals surface area contributed by atoms with E-state index in [1.165, 1.54) is 29.3 Å². The van der Waals surface area contributed by atoms with E-state index in [9.17, 15) is 0 Å². The molecule has 0 bridgehead atoms. The monoisotopic (exact) mass is 309 g/mol. The van der Waals surface area contributed by atoms with Crippen molar-refractivity contribution in [3.8, 4) is 0 Å². The topological polar surface area (TPSA) is 12.0 Å². The number of halogens is 1. The second kappa shape index (κ2) is 6.21. The number of rotatable bonds is 5. The second-order valence-corrected chi connectivity index (χ2v) is 7.03. The Morgan fingerprint density at radius 1 is 1.28 bits per heavy atom. The Morgan fingerprint density at radius 3 is 2.61 bits per heavy atom. The van der Waals surface area contributed by atoms with Crippen LogP contribution < -0.4 is 5.32 Å². The van der Waals surface area contributed by atoms with Crippen LogP contribution in [0, 0.1) is 5.92 Å². The molecule has 0 saturated heterocycles. The molecule has 0 aliphatic heterocycles. The highest BCUT2D eigenvalue weighted by Gasteiger charge is 2.30. The van der Waals surface area contributed by atoms with Gasteiger partial charge in [-0.1, -0.05) is 41.9 Å². The third kappa shape index (κ3) is 3.83. The Labute approximate surface area is 119 Å². The van der Waals surface area contributed by atoms with E-state index in [1.54, 1.807) is 0 Å². The van der Waals surface area contributed by atoms with Crippen LogP contribution in [0.1, 0.15) is 51.5 Å². The van der Waals surface area contributed by atoms with Crippen LogP contribution in [0.4, 0.5) is 0 Å². The van der Waals surface area contributed by atoms with Crippen molar-refractivity contribution in [1.29, 1.82) is 0 Å². The summed E-state index contributed by atoms with van der Waals surface area (Å²) in [7, 11) is 0. The maximum Gasteiger partial charge on any atom is 0.0178 e. The first-order valence-corrected chi connectivity index (χ1v) is 7.85. The van der Waals surface area contributed by atoms with E-state index < -0.39 is 0 Å². The summed E-state index contributed by atoms with van der Waals surface area (Å²) in [5.41, 5.74) is 1.49. The zero-order chi connectivity index (χ0) is 13.1. The maximum atomic E-state index is 3.75. The largest absolute Gasteiger partial charge is 0.311 e. The van der Waals surface area contributed by atoms with Crippen LogP contribution in [0.3, 0.4) is 0 Å². The van der Waals surface area contributed by atoms with Crippen LogP contribution in [0.2, 0.25) is 0 Å². The van der Waals surface area contributed by atoms with Gasteiger partial charge in [0.1, 0.15) is 0 Å². The lowest BCUT2D eigenvalue weighted by atomic mass is 9.75. The van der Waals surface area contributed by atoms with E-state index in [2.05, 4.69) is 66.3 Å². The van der Waals surface area contributed by atoms with Crippen molar-refractivity contribution < 1.29 is 0 Å². The minimum atomic E-state index is 0.651. The lowest BCUT2D eigenvalue weighted by molar-refractivity contribution is 0.257. The molecule has 1 fully saturated rings. The van der Waals surface area contributed by atoms with Crippen LogP contribution in [0.5, 0.6) is 0 Å². The van der Waals surface area contributed by atoms with E-state index >= 15 is 0 Å². The molecule has 0 aromatic heterocycles. The number of hydrogen-bond donors (Lipinski definition) is 1. The van der Waals surface area contributed by atoms with Crippen molar-refractivity contribution in [3.63, 3.8) is 0 Å². The van der Waals surface area contributed by atoms with Gasteiger partial charge >= 0.3 is 0 Å². The van der Waals surface area contributed by atoms with Gasteiger partial charge < -0.3 is 5.32 Å². The fraction of sp³-hybridized carbons (Fsp3) is 0.625. The molecule has 1 unspecified atom stereocenters. The third-order valence-corrected chi connectivity index (χ3v) is 4.30. The summed E-state index contributed by atoms with van der Waals surface area (Å²) >= 11 is 3.55. The Bertz CT molecular complexity index is 382. The van der Waals surface area contributed by atoms with Crippen LogP contribution in [0.15, 0.2) is 28.7 Å². The van der Waals surface area contributed by atoms with Crippen LogP contribution in [0.25, 0.3) is 0 Å². The molecule has 2 heteroatoms. The summed E-state index contributed by atoms with van der Waals surface area (Å²) in [6.45, 7) is 6.90. The van der Waals surface area contributed by atoms with Gasteiger partial charge in [0.05, 0.1) is 0 Å². The lowest BCUT2D eigenvalue weighted by Crippen LogP contribution is -2.44. The van der Waals surface area contributed by atoms with Crippen LogP contribution >= 0.6 is 15.9 Å². The van der Waals surface area contributed by atoms with Gasteiger partial charge in [-0.25, -0.2) is 0 Å². The summed E-state index contributed by atoms with van der Waals surface area (Å²) in [4.78, 5) is 0. The molecule has 1 nitrogen and oxygen atoms in total. The molecule has 1 aromatic rings. The highest BCUT2D eigenvalue weighted by atomic mass is 79.9. The smallest absolute Gasteiger partial charge is 0.0178 e. The van der Waals surface area contributed by atoms with Crippen molar-refractivity contribution >= 4 is 15.9 Å². The fourth-order valence-electron chi connectivity index (χ4n) is 2.96. The summed E-state index contributed by atoms with van der Waals surface area (Å²) in [6.07, 6.45) is 3.86. The van der Waals surface area contributed by atoms with Gasteiger partial charge in [-0.2, -0.15) is 0 Å². The minimum Gasteiger partial charge on any atom is -0.311 e. The number of benzene rings is 1. The second-order valence-electron chi connectivity index (χ2n) is 6.12. The standard InChI is InChI=1S/C16H24BrN/c1-11(2)7-12(3)18-16-9-14(10-16)13-5-4-6-15(17)8-13/h4-6,8,11-12,14,16,18H,7,9-10H2,1-3H3. The summed E-state index contributed by atoms with van der Waals surface area (Å²) in [5, 5.41) is 3.75. The van der Waals surface area contributed by atoms with Gasteiger partial charge in [0.25, 0.3) is 0 Å². The maximum absolute atomic E-state index is 3.75. The average molecular weight is 310 g/mol. The highest BCUT2D eigenvalue weighted by Crippen LogP contribution is 2.37. The van der Waals surface area contributed by atoms with Gasteiger partial charge in [0.15, 0.2) is 0 Å². The first kappa shape index (κ1) is 14.1. The van der Waals surface area contributed by atoms with E-state index in [0.29, 0.717) is 6.04 Å². The highest BCUT2D eigenvalue weighted by molar-refractivity contribution is 9.10. The molecular formula is C16H24BrN. The fourth-order valence-corrected chi connectivity index (χ4v) is 3.38. The molecule has 18 heavy (non-hydrogen) atoms. The zero-order valence-corrected chi connectivity index (χ0v) is 13.2. The molecule has 0 heterocycles. The Balaban J connectivity index is 1.77. The molecule has 100 valence electrons. The van der Waals surface area contributed by atoms with E-state index in [0.717, 1.165) is 17.9 Å². The molecule has 1 aliphatic carbocycles.